The van der Waals surface area contributed by atoms with E-state index in [1.807, 2.05) is 60.7 Å². The predicted molar refractivity (Wildman–Crippen MR) is 218 cm³/mol. The normalized spacial score (nSPS) is 19.6. The number of urea groups is 1. The number of amides is 4. The number of halogens is 3. The molecule has 6 rings (SSSR count). The third kappa shape index (κ3) is 12.4. The number of aromatic nitrogens is 4. The number of sulfonamides is 1. The number of anilines is 1. The molecule has 3 heterocycles. The summed E-state index contributed by atoms with van der Waals surface area (Å²) in [7, 11) is -3.28. The van der Waals surface area contributed by atoms with E-state index in [1.165, 1.54) is 16.9 Å². The molecule has 0 unspecified atom stereocenters. The highest BCUT2D eigenvalue weighted by molar-refractivity contribution is 7.88. The maximum absolute atomic E-state index is 13.6. The number of fused-ring (bicyclic) bond motifs is 1. The summed E-state index contributed by atoms with van der Waals surface area (Å²) in [4.78, 5) is 60.9. The summed E-state index contributed by atoms with van der Waals surface area (Å²) in [5.41, 5.74) is 2.72. The Hall–Kier alpha value is -5.91. The minimum Gasteiger partial charge on any atom is -0.475 e. The highest BCUT2D eigenvalue weighted by Gasteiger charge is 2.44. The predicted octanol–water partition coefficient (Wildman–Crippen LogP) is 1.72. The number of carboxylic acids is 1. The van der Waals surface area contributed by atoms with Crippen LogP contribution in [0.5, 0.6) is 0 Å². The first-order chi connectivity index (χ1) is 29.4. The molecule has 336 valence electrons. The number of carboxylic acid groups (broad SMARTS) is 1. The quantitative estimate of drug-likeness (QED) is 0.0840. The van der Waals surface area contributed by atoms with E-state index in [1.54, 1.807) is 11.5 Å². The Morgan fingerprint density at radius 2 is 1.47 bits per heavy atom. The molecule has 1 saturated heterocycles. The highest BCUT2D eigenvalue weighted by atomic mass is 32.2. The third-order valence-electron chi connectivity index (χ3n) is 10.4. The molecular weight excluding hydrogens is 842 g/mol. The molecule has 23 heteroatoms. The Bertz CT molecular complexity index is 2240. The molecule has 0 spiro atoms. The van der Waals surface area contributed by atoms with Crippen molar-refractivity contribution in [2.75, 3.05) is 44.3 Å². The van der Waals surface area contributed by atoms with Gasteiger partial charge in [-0.15, -0.1) is 0 Å². The van der Waals surface area contributed by atoms with Crippen molar-refractivity contribution in [3.63, 3.8) is 0 Å². The summed E-state index contributed by atoms with van der Waals surface area (Å²) in [6.07, 6.45) is -3.52. The number of imidazole rings is 1. The fourth-order valence-corrected chi connectivity index (χ4v) is 7.99. The molecule has 8 N–H and O–H groups in total. The first-order valence-corrected chi connectivity index (χ1v) is 21.5. The van der Waals surface area contributed by atoms with Gasteiger partial charge in [0.15, 0.2) is 11.5 Å². The average Bonchev–Trinajstić information content (AvgIpc) is 3.79. The van der Waals surface area contributed by atoms with Gasteiger partial charge in [0.1, 0.15) is 17.7 Å². The summed E-state index contributed by atoms with van der Waals surface area (Å²) in [5.74, 6) is -3.62. The Morgan fingerprint density at radius 3 is 2.02 bits per heavy atom. The molecule has 1 aliphatic heterocycles. The summed E-state index contributed by atoms with van der Waals surface area (Å²) in [6.45, 7) is 2.89. The average molecular weight is 891 g/mol. The van der Waals surface area contributed by atoms with Crippen LogP contribution in [0.2, 0.25) is 0 Å². The van der Waals surface area contributed by atoms with Crippen molar-refractivity contribution in [3.8, 4) is 0 Å². The molecule has 62 heavy (non-hydrogen) atoms. The van der Waals surface area contributed by atoms with Crippen molar-refractivity contribution in [1.29, 1.82) is 0 Å². The lowest BCUT2D eigenvalue weighted by molar-refractivity contribution is -0.192. The fraction of sp³-hybridized carbons (Fsp3) is 0.462. The van der Waals surface area contributed by atoms with Gasteiger partial charge < -0.3 is 46.5 Å². The van der Waals surface area contributed by atoms with Crippen molar-refractivity contribution in [3.05, 3.63) is 83.9 Å². The van der Waals surface area contributed by atoms with Crippen molar-refractivity contribution in [2.24, 2.45) is 0 Å². The van der Waals surface area contributed by atoms with E-state index in [0.29, 0.717) is 38.0 Å². The van der Waals surface area contributed by atoms with Gasteiger partial charge in [-0.05, 0) is 30.4 Å². The molecule has 1 saturated carbocycles. The molecule has 2 aliphatic rings. The lowest BCUT2D eigenvalue weighted by atomic mass is 9.91. The van der Waals surface area contributed by atoms with Gasteiger partial charge in [0, 0.05) is 51.1 Å². The molecule has 4 aromatic rings. The zero-order chi connectivity index (χ0) is 45.2. The second-order valence-corrected chi connectivity index (χ2v) is 16.7. The van der Waals surface area contributed by atoms with Crippen molar-refractivity contribution >= 4 is 50.8 Å². The number of rotatable bonds is 14. The number of alkyl halides is 3. The molecule has 0 bridgehead atoms. The van der Waals surface area contributed by atoms with Gasteiger partial charge in [-0.3, -0.25) is 9.59 Å². The van der Waals surface area contributed by atoms with Crippen LogP contribution in [0, 0.1) is 0 Å². The minimum absolute atomic E-state index is 0.0542. The maximum Gasteiger partial charge on any atom is 0.490 e. The van der Waals surface area contributed by atoms with E-state index in [-0.39, 0.29) is 61.1 Å². The molecule has 2 aromatic heterocycles. The zero-order valence-electron chi connectivity index (χ0n) is 33.7. The van der Waals surface area contributed by atoms with E-state index in [4.69, 9.17) is 9.90 Å². The molecule has 4 amide bonds. The summed E-state index contributed by atoms with van der Waals surface area (Å²) < 4.78 is 58.3. The molecule has 2 aromatic carbocycles. The SMILES string of the molecule is CCC(=O)N[C@H]1C[C@@H](n2cnc3c(NCC(c4ccccc4)c4ccccc4)nc(C(=O)NCCNC(=O)NC4CCN(S(C)(=O)=O)CC4)nc32)[C@H](O)[C@@H]1O.O=C(O)C(F)(F)F. The molecule has 19 nitrogen and oxygen atoms in total. The number of nitrogens with one attached hydrogen (secondary N) is 5. The minimum atomic E-state index is -5.08. The second kappa shape index (κ2) is 20.8. The fourth-order valence-electron chi connectivity index (χ4n) is 7.12. The number of hydrogen-bond acceptors (Lipinski definition) is 12. The maximum atomic E-state index is 13.6. The molecule has 2 fully saturated rings. The first-order valence-electron chi connectivity index (χ1n) is 19.7. The Balaban J connectivity index is 0.000000955. The van der Waals surface area contributed by atoms with Gasteiger partial charge in [0.25, 0.3) is 5.91 Å². The number of piperidine rings is 1. The van der Waals surface area contributed by atoms with Crippen LogP contribution in [0.1, 0.15) is 66.3 Å². The molecule has 1 aliphatic carbocycles. The Kier molecular flexibility index (Phi) is 15.8. The lowest BCUT2D eigenvalue weighted by Gasteiger charge is -2.30. The van der Waals surface area contributed by atoms with Crippen LogP contribution in [0.3, 0.4) is 0 Å². The number of nitrogens with zero attached hydrogens (tertiary/aromatic N) is 5. The van der Waals surface area contributed by atoms with E-state index < -0.39 is 58.4 Å². The van der Waals surface area contributed by atoms with Crippen LogP contribution in [0.4, 0.5) is 23.8 Å². The van der Waals surface area contributed by atoms with E-state index in [9.17, 15) is 46.2 Å². The summed E-state index contributed by atoms with van der Waals surface area (Å²) in [6, 6.07) is 17.9. The lowest BCUT2D eigenvalue weighted by Crippen LogP contribution is -2.49. The van der Waals surface area contributed by atoms with E-state index in [2.05, 4.69) is 41.5 Å². The van der Waals surface area contributed by atoms with Gasteiger partial charge in [0.2, 0.25) is 21.8 Å². The highest BCUT2D eigenvalue weighted by Crippen LogP contribution is 2.34. The topological polar surface area (TPSA) is 270 Å². The standard InChI is InChI=1S/C37H48N10O7S.C2HF3O2/c1-3-29(48)43-27-20-28(32(50)31(27)49)47-22-41-30-33(40-21-26(23-10-6-4-7-11-23)24-12-8-5-9-13-24)44-34(45-35(30)47)36(51)38-16-17-39-37(52)42-25-14-18-46(19-15-25)55(2,53)54;3-2(4,5)1(6)7/h4-13,22,25-28,31-32,49-50H,3,14-21H2,1-2H3,(H,38,51)(H,43,48)(H2,39,42,52)(H,40,44,45);(H,6,7)/t27-,28+,31+,32-;/m0./s1. The van der Waals surface area contributed by atoms with Crippen LogP contribution in [-0.4, -0.2) is 141 Å². The third-order valence-corrected chi connectivity index (χ3v) is 11.7. The van der Waals surface area contributed by atoms with E-state index in [0.717, 1.165) is 11.1 Å². The first kappa shape index (κ1) is 47.1. The largest absolute Gasteiger partial charge is 0.490 e. The number of aliphatic hydroxyl groups is 2. The van der Waals surface area contributed by atoms with Crippen molar-refractivity contribution < 1.29 is 56.1 Å². The monoisotopic (exact) mass is 890 g/mol. The van der Waals surface area contributed by atoms with Gasteiger partial charge in [0.05, 0.1) is 24.7 Å². The number of carbonyl (C=O) groups excluding carboxylic acids is 3. The van der Waals surface area contributed by atoms with Gasteiger partial charge >= 0.3 is 18.2 Å². The van der Waals surface area contributed by atoms with Crippen LogP contribution < -0.4 is 26.6 Å². The number of aliphatic hydroxyl groups excluding tert-OH is 2. The van der Waals surface area contributed by atoms with Gasteiger partial charge in [-0.25, -0.2) is 37.3 Å². The number of hydrogen-bond donors (Lipinski definition) is 8. The number of aliphatic carboxylic acids is 1. The Labute approximate surface area is 354 Å². The smallest absolute Gasteiger partial charge is 0.475 e. The van der Waals surface area contributed by atoms with Crippen LogP contribution >= 0.6 is 0 Å². The second-order valence-electron chi connectivity index (χ2n) is 14.7. The Morgan fingerprint density at radius 1 is 0.887 bits per heavy atom. The number of carbonyl (C=O) groups is 4. The van der Waals surface area contributed by atoms with Gasteiger partial charge in [-0.2, -0.15) is 13.2 Å². The van der Waals surface area contributed by atoms with Crippen LogP contribution in [-0.2, 0) is 19.6 Å². The van der Waals surface area contributed by atoms with E-state index >= 15 is 0 Å². The van der Waals surface area contributed by atoms with Crippen molar-refractivity contribution in [1.82, 2.24) is 45.1 Å². The van der Waals surface area contributed by atoms with Crippen molar-refractivity contribution in [2.45, 2.75) is 75.0 Å². The summed E-state index contributed by atoms with van der Waals surface area (Å²) in [5, 5.41) is 43.5. The van der Waals surface area contributed by atoms with Gasteiger partial charge in [-0.1, -0.05) is 67.6 Å². The molecule has 0 radical (unpaired) electrons. The van der Waals surface area contributed by atoms with Crippen LogP contribution in [0.25, 0.3) is 11.2 Å². The molecular formula is C39H49F3N10O9S. The zero-order valence-corrected chi connectivity index (χ0v) is 34.6. The van der Waals surface area contributed by atoms with Crippen LogP contribution in [0.15, 0.2) is 67.0 Å². The number of benzene rings is 2. The molecule has 4 atom stereocenters. The summed E-state index contributed by atoms with van der Waals surface area (Å²) >= 11 is 0.